The zero-order valence-corrected chi connectivity index (χ0v) is 9.61. The van der Waals surface area contributed by atoms with Crippen LogP contribution in [0.15, 0.2) is 18.3 Å². The molecule has 1 N–H and O–H groups in total. The lowest BCUT2D eigenvalue weighted by Gasteiger charge is -2.10. The van der Waals surface area contributed by atoms with E-state index in [-0.39, 0.29) is 0 Å². The Bertz CT molecular complexity index is 325. The Kier molecular flexibility index (Phi) is 4.13. The SMILES string of the molecule is CNCc1cc(OCC2CCOC2)ccn1. The molecule has 0 amide bonds. The summed E-state index contributed by atoms with van der Waals surface area (Å²) >= 11 is 0. The average Bonchev–Trinajstić information content (AvgIpc) is 2.80. The minimum absolute atomic E-state index is 0.543. The molecule has 0 saturated carbocycles. The van der Waals surface area contributed by atoms with Crippen molar-refractivity contribution >= 4 is 0 Å². The maximum absolute atomic E-state index is 5.73. The first-order chi connectivity index (χ1) is 7.88. The van der Waals surface area contributed by atoms with Crippen LogP contribution in [0.2, 0.25) is 0 Å². The fourth-order valence-electron chi connectivity index (χ4n) is 1.75. The first kappa shape index (κ1) is 11.4. The van der Waals surface area contributed by atoms with Gasteiger partial charge in [-0.1, -0.05) is 0 Å². The van der Waals surface area contributed by atoms with Crippen LogP contribution >= 0.6 is 0 Å². The van der Waals surface area contributed by atoms with Crippen molar-refractivity contribution in [3.05, 3.63) is 24.0 Å². The molecule has 1 aliphatic heterocycles. The van der Waals surface area contributed by atoms with Gasteiger partial charge in [0.15, 0.2) is 0 Å². The van der Waals surface area contributed by atoms with Gasteiger partial charge in [-0.2, -0.15) is 0 Å². The van der Waals surface area contributed by atoms with E-state index >= 15 is 0 Å². The molecule has 1 saturated heterocycles. The van der Waals surface area contributed by atoms with E-state index in [2.05, 4.69) is 10.3 Å². The number of nitrogens with zero attached hydrogens (tertiary/aromatic N) is 1. The van der Waals surface area contributed by atoms with Crippen LogP contribution in [0.25, 0.3) is 0 Å². The molecule has 0 aromatic carbocycles. The maximum atomic E-state index is 5.73. The summed E-state index contributed by atoms with van der Waals surface area (Å²) in [5.41, 5.74) is 1.00. The number of hydrogen-bond donors (Lipinski definition) is 1. The normalized spacial score (nSPS) is 19.9. The molecule has 0 spiro atoms. The van der Waals surface area contributed by atoms with E-state index in [1.165, 1.54) is 0 Å². The van der Waals surface area contributed by atoms with Crippen LogP contribution in [-0.2, 0) is 11.3 Å². The van der Waals surface area contributed by atoms with E-state index in [9.17, 15) is 0 Å². The molecule has 0 radical (unpaired) electrons. The van der Waals surface area contributed by atoms with Crippen LogP contribution in [0.3, 0.4) is 0 Å². The summed E-state index contributed by atoms with van der Waals surface area (Å²) in [7, 11) is 1.91. The summed E-state index contributed by atoms with van der Waals surface area (Å²) in [6, 6.07) is 3.88. The van der Waals surface area contributed by atoms with Crippen LogP contribution in [-0.4, -0.2) is 31.9 Å². The topological polar surface area (TPSA) is 43.4 Å². The van der Waals surface area contributed by atoms with Gasteiger partial charge in [-0.05, 0) is 19.5 Å². The van der Waals surface area contributed by atoms with Crippen molar-refractivity contribution in [1.82, 2.24) is 10.3 Å². The number of ether oxygens (including phenoxy) is 2. The van der Waals surface area contributed by atoms with Gasteiger partial charge in [0.1, 0.15) is 5.75 Å². The highest BCUT2D eigenvalue weighted by Gasteiger charge is 2.16. The number of pyridine rings is 1. The zero-order valence-electron chi connectivity index (χ0n) is 9.61. The Morgan fingerprint density at radius 1 is 1.62 bits per heavy atom. The van der Waals surface area contributed by atoms with E-state index in [4.69, 9.17) is 9.47 Å². The van der Waals surface area contributed by atoms with Gasteiger partial charge in [-0.3, -0.25) is 4.98 Å². The first-order valence-electron chi connectivity index (χ1n) is 5.68. The third-order valence-corrected chi connectivity index (χ3v) is 2.66. The lowest BCUT2D eigenvalue weighted by Crippen LogP contribution is -2.12. The highest BCUT2D eigenvalue weighted by molar-refractivity contribution is 5.22. The van der Waals surface area contributed by atoms with Gasteiger partial charge in [0.05, 0.1) is 18.9 Å². The highest BCUT2D eigenvalue weighted by Crippen LogP contribution is 2.16. The molecule has 4 nitrogen and oxygen atoms in total. The molecule has 1 atom stereocenters. The summed E-state index contributed by atoms with van der Waals surface area (Å²) in [5.74, 6) is 1.44. The molecular formula is C12H18N2O2. The van der Waals surface area contributed by atoms with Crippen LogP contribution < -0.4 is 10.1 Å². The lowest BCUT2D eigenvalue weighted by atomic mass is 10.1. The van der Waals surface area contributed by atoms with E-state index in [0.29, 0.717) is 5.92 Å². The molecule has 1 unspecified atom stereocenters. The van der Waals surface area contributed by atoms with E-state index < -0.39 is 0 Å². The maximum Gasteiger partial charge on any atom is 0.122 e. The van der Waals surface area contributed by atoms with Gasteiger partial charge in [-0.25, -0.2) is 0 Å². The van der Waals surface area contributed by atoms with Crippen LogP contribution in [0.1, 0.15) is 12.1 Å². The van der Waals surface area contributed by atoms with Crippen molar-refractivity contribution in [2.24, 2.45) is 5.92 Å². The Morgan fingerprint density at radius 2 is 2.56 bits per heavy atom. The molecule has 88 valence electrons. The van der Waals surface area contributed by atoms with Gasteiger partial charge >= 0.3 is 0 Å². The first-order valence-corrected chi connectivity index (χ1v) is 5.68. The molecule has 0 bridgehead atoms. The quantitative estimate of drug-likeness (QED) is 0.813. The molecule has 2 heterocycles. The van der Waals surface area contributed by atoms with Crippen molar-refractivity contribution in [1.29, 1.82) is 0 Å². The number of nitrogens with one attached hydrogen (secondary N) is 1. The third kappa shape index (κ3) is 3.18. The standard InChI is InChI=1S/C12H18N2O2/c1-13-7-11-6-12(2-4-14-11)16-9-10-3-5-15-8-10/h2,4,6,10,13H,3,5,7-9H2,1H3. The smallest absolute Gasteiger partial charge is 0.122 e. The predicted octanol–water partition coefficient (Wildman–Crippen LogP) is 1.22. The van der Waals surface area contributed by atoms with Crippen molar-refractivity contribution < 1.29 is 9.47 Å². The average molecular weight is 222 g/mol. The van der Waals surface area contributed by atoms with Crippen LogP contribution in [0, 0.1) is 5.92 Å². The molecule has 1 aliphatic rings. The summed E-state index contributed by atoms with van der Waals surface area (Å²) in [4.78, 5) is 4.24. The molecule has 1 aromatic rings. The second kappa shape index (κ2) is 5.82. The summed E-state index contributed by atoms with van der Waals surface area (Å²) in [6.07, 6.45) is 2.89. The van der Waals surface area contributed by atoms with Crippen molar-refractivity contribution in [3.8, 4) is 5.75 Å². The van der Waals surface area contributed by atoms with Crippen LogP contribution in [0.4, 0.5) is 0 Å². The molecular weight excluding hydrogens is 204 g/mol. The van der Waals surface area contributed by atoms with Gasteiger partial charge in [0, 0.05) is 31.3 Å². The lowest BCUT2D eigenvalue weighted by molar-refractivity contribution is 0.167. The van der Waals surface area contributed by atoms with E-state index in [1.54, 1.807) is 6.20 Å². The molecule has 2 rings (SSSR count). The summed E-state index contributed by atoms with van der Waals surface area (Å²) in [6.45, 7) is 3.20. The molecule has 16 heavy (non-hydrogen) atoms. The Labute approximate surface area is 96.0 Å². The minimum atomic E-state index is 0.543. The molecule has 1 fully saturated rings. The molecule has 4 heteroatoms. The fourth-order valence-corrected chi connectivity index (χ4v) is 1.75. The van der Waals surface area contributed by atoms with Gasteiger partial charge < -0.3 is 14.8 Å². The Balaban J connectivity index is 1.85. The Hall–Kier alpha value is -1.13. The van der Waals surface area contributed by atoms with Gasteiger partial charge in [-0.15, -0.1) is 0 Å². The second-order valence-electron chi connectivity index (χ2n) is 4.05. The van der Waals surface area contributed by atoms with Crippen molar-refractivity contribution in [3.63, 3.8) is 0 Å². The largest absolute Gasteiger partial charge is 0.493 e. The van der Waals surface area contributed by atoms with Crippen molar-refractivity contribution in [2.45, 2.75) is 13.0 Å². The second-order valence-corrected chi connectivity index (χ2v) is 4.05. The Morgan fingerprint density at radius 3 is 3.31 bits per heavy atom. The van der Waals surface area contributed by atoms with Gasteiger partial charge in [0.2, 0.25) is 0 Å². The highest BCUT2D eigenvalue weighted by atomic mass is 16.5. The monoisotopic (exact) mass is 222 g/mol. The predicted molar refractivity (Wildman–Crippen MR) is 61.4 cm³/mol. The van der Waals surface area contributed by atoms with E-state index in [0.717, 1.165) is 44.2 Å². The molecule has 1 aromatic heterocycles. The molecule has 0 aliphatic carbocycles. The minimum Gasteiger partial charge on any atom is -0.493 e. The number of aromatic nitrogens is 1. The van der Waals surface area contributed by atoms with Crippen LogP contribution in [0.5, 0.6) is 5.75 Å². The fraction of sp³-hybridized carbons (Fsp3) is 0.583. The van der Waals surface area contributed by atoms with E-state index in [1.807, 2.05) is 19.2 Å². The number of hydrogen-bond acceptors (Lipinski definition) is 4. The summed E-state index contributed by atoms with van der Waals surface area (Å²) in [5, 5.41) is 3.07. The summed E-state index contributed by atoms with van der Waals surface area (Å²) < 4.78 is 11.0. The van der Waals surface area contributed by atoms with Crippen molar-refractivity contribution in [2.75, 3.05) is 26.9 Å². The zero-order chi connectivity index (χ0) is 11.2. The van der Waals surface area contributed by atoms with Gasteiger partial charge in [0.25, 0.3) is 0 Å². The number of rotatable bonds is 5. The third-order valence-electron chi connectivity index (χ3n) is 2.66.